The second-order valence-electron chi connectivity index (χ2n) is 2.90. The second kappa shape index (κ2) is 3.90. The molecule has 0 bridgehead atoms. The maximum absolute atomic E-state index is 11.4. The molecular formula is C9H10N2O3S. The van der Waals surface area contributed by atoms with Crippen LogP contribution in [0.2, 0.25) is 0 Å². The number of carbonyl (C=O) groups excluding carboxylic acids is 1. The zero-order chi connectivity index (χ0) is 10.8. The Morgan fingerprint density at radius 3 is 3.33 bits per heavy atom. The van der Waals surface area contributed by atoms with Gasteiger partial charge in [0.1, 0.15) is 23.0 Å². The van der Waals surface area contributed by atoms with Crippen LogP contribution >= 0.6 is 11.3 Å². The molecule has 0 saturated carbocycles. The normalized spacial score (nSPS) is 13.8. The minimum atomic E-state index is -0.353. The van der Waals surface area contributed by atoms with Crippen molar-refractivity contribution in [2.24, 2.45) is 10.7 Å². The van der Waals surface area contributed by atoms with Crippen molar-refractivity contribution < 1.29 is 14.3 Å². The lowest BCUT2D eigenvalue weighted by Gasteiger charge is -2.08. The van der Waals surface area contributed by atoms with Crippen LogP contribution in [-0.2, 0) is 4.74 Å². The lowest BCUT2D eigenvalue weighted by Crippen LogP contribution is -2.22. The van der Waals surface area contributed by atoms with Crippen LogP contribution in [0.3, 0.4) is 0 Å². The summed E-state index contributed by atoms with van der Waals surface area (Å²) < 4.78 is 10.2. The van der Waals surface area contributed by atoms with E-state index in [4.69, 9.17) is 15.2 Å². The number of rotatable bonds is 2. The fraction of sp³-hybridized carbons (Fsp3) is 0.333. The fourth-order valence-electron chi connectivity index (χ4n) is 1.18. The minimum Gasteiger partial charge on any atom is -0.474 e. The summed E-state index contributed by atoms with van der Waals surface area (Å²) in [4.78, 5) is 16.0. The Balaban J connectivity index is 2.27. The van der Waals surface area contributed by atoms with Crippen LogP contribution in [0.4, 0.5) is 5.69 Å². The monoisotopic (exact) mass is 226 g/mol. The number of thiophene rings is 1. The van der Waals surface area contributed by atoms with Gasteiger partial charge < -0.3 is 15.2 Å². The van der Waals surface area contributed by atoms with E-state index in [1.54, 1.807) is 13.0 Å². The minimum absolute atomic E-state index is 0.274. The predicted octanol–water partition coefficient (Wildman–Crippen LogP) is 1.31. The molecule has 1 aromatic heterocycles. The number of nitrogens with zero attached hydrogens (tertiary/aromatic N) is 1. The van der Waals surface area contributed by atoms with Crippen molar-refractivity contribution in [3.63, 3.8) is 0 Å². The molecule has 2 heterocycles. The Morgan fingerprint density at radius 1 is 1.80 bits per heavy atom. The number of aliphatic imine (C=N–C) groups is 1. The number of esters is 1. The van der Waals surface area contributed by atoms with Crippen LogP contribution < -0.4 is 10.5 Å². The first kappa shape index (κ1) is 9.97. The van der Waals surface area contributed by atoms with Gasteiger partial charge in [-0.2, -0.15) is 0 Å². The molecule has 1 aromatic rings. The number of ether oxygens (including phenoxy) is 2. The smallest absolute Gasteiger partial charge is 0.348 e. The molecule has 0 aromatic carbocycles. The molecule has 1 aliphatic rings. The van der Waals surface area contributed by atoms with Crippen molar-refractivity contribution in [3.8, 4) is 5.06 Å². The Bertz CT molecular complexity index is 425. The Labute approximate surface area is 90.5 Å². The van der Waals surface area contributed by atoms with Crippen LogP contribution in [0.25, 0.3) is 0 Å². The van der Waals surface area contributed by atoms with Crippen LogP contribution in [0.5, 0.6) is 5.06 Å². The van der Waals surface area contributed by atoms with Crippen molar-refractivity contribution >= 4 is 28.8 Å². The third-order valence-electron chi connectivity index (χ3n) is 1.77. The van der Waals surface area contributed by atoms with Crippen LogP contribution in [-0.4, -0.2) is 25.0 Å². The maximum Gasteiger partial charge on any atom is 0.348 e. The molecule has 15 heavy (non-hydrogen) atoms. The molecule has 5 nitrogen and oxygen atoms in total. The summed E-state index contributed by atoms with van der Waals surface area (Å²) in [6.45, 7) is 2.39. The molecule has 0 unspecified atom stereocenters. The van der Waals surface area contributed by atoms with Gasteiger partial charge in [-0.3, -0.25) is 0 Å². The second-order valence-corrected chi connectivity index (χ2v) is 3.91. The highest BCUT2D eigenvalue weighted by atomic mass is 32.1. The van der Waals surface area contributed by atoms with Crippen LogP contribution in [0.1, 0.15) is 16.6 Å². The van der Waals surface area contributed by atoms with E-state index in [9.17, 15) is 4.79 Å². The quantitative estimate of drug-likeness (QED) is 0.771. The van der Waals surface area contributed by atoms with Gasteiger partial charge >= 0.3 is 5.97 Å². The summed E-state index contributed by atoms with van der Waals surface area (Å²) >= 11 is 1.23. The summed E-state index contributed by atoms with van der Waals surface area (Å²) in [5.74, 6) is 0.0602. The number of amidine groups is 1. The van der Waals surface area contributed by atoms with Gasteiger partial charge in [-0.1, -0.05) is 11.3 Å². The zero-order valence-corrected chi connectivity index (χ0v) is 8.97. The van der Waals surface area contributed by atoms with Gasteiger partial charge in [-0.15, -0.1) is 0 Å². The average molecular weight is 226 g/mol. The molecule has 6 heteroatoms. The van der Waals surface area contributed by atoms with Crippen LogP contribution in [0.15, 0.2) is 11.1 Å². The highest BCUT2D eigenvalue weighted by Gasteiger charge is 2.19. The Hall–Kier alpha value is -1.56. The maximum atomic E-state index is 11.4. The van der Waals surface area contributed by atoms with E-state index in [2.05, 4.69) is 4.99 Å². The third-order valence-corrected chi connectivity index (χ3v) is 2.79. The molecule has 0 spiro atoms. The molecular weight excluding hydrogens is 216 g/mol. The number of hydrogen-bond donors (Lipinski definition) is 1. The van der Waals surface area contributed by atoms with Crippen molar-refractivity contribution in [2.75, 3.05) is 13.2 Å². The Kier molecular flexibility index (Phi) is 2.59. The summed E-state index contributed by atoms with van der Waals surface area (Å²) in [6, 6.07) is 1.63. The van der Waals surface area contributed by atoms with Gasteiger partial charge in [-0.25, -0.2) is 9.79 Å². The van der Waals surface area contributed by atoms with E-state index in [-0.39, 0.29) is 12.6 Å². The lowest BCUT2D eigenvalue weighted by molar-refractivity contribution is 0.0532. The molecule has 2 rings (SSSR count). The van der Waals surface area contributed by atoms with Crippen LogP contribution in [0, 0.1) is 0 Å². The van der Waals surface area contributed by atoms with Crippen molar-refractivity contribution in [1.82, 2.24) is 0 Å². The van der Waals surface area contributed by atoms with E-state index < -0.39 is 0 Å². The fourth-order valence-corrected chi connectivity index (χ4v) is 2.01. The third kappa shape index (κ3) is 1.94. The molecule has 1 aliphatic heterocycles. The lowest BCUT2D eigenvalue weighted by atomic mass is 10.4. The van der Waals surface area contributed by atoms with Gasteiger partial charge in [0, 0.05) is 0 Å². The highest BCUT2D eigenvalue weighted by molar-refractivity contribution is 7.16. The number of hydrogen-bond acceptors (Lipinski definition) is 6. The molecule has 2 N–H and O–H groups in total. The van der Waals surface area contributed by atoms with Gasteiger partial charge in [-0.05, 0) is 13.0 Å². The van der Waals surface area contributed by atoms with Gasteiger partial charge in [0.25, 0.3) is 0 Å². The average Bonchev–Trinajstić information content (AvgIpc) is 2.60. The SMILES string of the molecule is CCOC(=O)c1cc2c(s1)OCC(N)=N2. The number of carbonyl (C=O) groups is 1. The summed E-state index contributed by atoms with van der Waals surface area (Å²) in [7, 11) is 0. The first-order valence-corrected chi connectivity index (χ1v) is 5.29. The summed E-state index contributed by atoms with van der Waals surface area (Å²) in [6.07, 6.45) is 0. The molecule has 0 radical (unpaired) electrons. The highest BCUT2D eigenvalue weighted by Crippen LogP contribution is 2.39. The van der Waals surface area contributed by atoms with Crippen molar-refractivity contribution in [1.29, 1.82) is 0 Å². The Morgan fingerprint density at radius 2 is 2.60 bits per heavy atom. The molecule has 0 fully saturated rings. The molecule has 0 saturated heterocycles. The molecule has 0 aliphatic carbocycles. The molecule has 80 valence electrons. The summed E-state index contributed by atoms with van der Waals surface area (Å²) in [5, 5.41) is 0.618. The van der Waals surface area contributed by atoms with E-state index in [0.29, 0.717) is 28.1 Å². The van der Waals surface area contributed by atoms with Crippen molar-refractivity contribution in [3.05, 3.63) is 10.9 Å². The summed E-state index contributed by atoms with van der Waals surface area (Å²) in [5.41, 5.74) is 6.11. The number of nitrogens with two attached hydrogens (primary N) is 1. The van der Waals surface area contributed by atoms with E-state index in [0.717, 1.165) is 0 Å². The van der Waals surface area contributed by atoms with E-state index >= 15 is 0 Å². The topological polar surface area (TPSA) is 73.9 Å². The predicted molar refractivity (Wildman–Crippen MR) is 57.1 cm³/mol. The largest absolute Gasteiger partial charge is 0.474 e. The standard InChI is InChI=1S/C9H10N2O3S/c1-2-13-8(12)6-3-5-9(15-6)14-4-7(10)11-5/h3H,2,4H2,1H3,(H2,10,11). The molecule has 0 atom stereocenters. The van der Waals surface area contributed by atoms with E-state index in [1.165, 1.54) is 11.3 Å². The van der Waals surface area contributed by atoms with Gasteiger partial charge in [0.2, 0.25) is 5.06 Å². The zero-order valence-electron chi connectivity index (χ0n) is 8.15. The number of fused-ring (bicyclic) bond motifs is 1. The molecule has 0 amide bonds. The first-order valence-electron chi connectivity index (χ1n) is 4.47. The van der Waals surface area contributed by atoms with Crippen molar-refractivity contribution in [2.45, 2.75) is 6.92 Å². The van der Waals surface area contributed by atoms with Gasteiger partial charge in [0.15, 0.2) is 0 Å². The van der Waals surface area contributed by atoms with Gasteiger partial charge in [0.05, 0.1) is 6.61 Å². The first-order chi connectivity index (χ1) is 7.20. The van der Waals surface area contributed by atoms with E-state index in [1.807, 2.05) is 0 Å².